The molecule has 3 heteroatoms. The molecule has 0 spiro atoms. The van der Waals surface area contributed by atoms with Crippen molar-refractivity contribution in [3.8, 4) is 0 Å². The molecule has 0 saturated heterocycles. The van der Waals surface area contributed by atoms with Crippen LogP contribution in [0.5, 0.6) is 0 Å². The van der Waals surface area contributed by atoms with Crippen molar-refractivity contribution in [2.45, 2.75) is 19.4 Å². The molecule has 1 fully saturated rings. The van der Waals surface area contributed by atoms with E-state index in [1.807, 2.05) is 14.1 Å². The molecule has 3 unspecified atom stereocenters. The Bertz CT molecular complexity index is 175. The number of esters is 1. The third kappa shape index (κ3) is 1.46. The van der Waals surface area contributed by atoms with E-state index in [2.05, 4.69) is 11.8 Å². The molecule has 1 saturated carbocycles. The topological polar surface area (TPSA) is 29.5 Å². The molecule has 0 aromatic heterocycles. The first kappa shape index (κ1) is 9.52. The molecule has 70 valence electrons. The molecule has 0 heterocycles. The summed E-state index contributed by atoms with van der Waals surface area (Å²) < 4.78 is 4.72. The van der Waals surface area contributed by atoms with Crippen LogP contribution in [-0.2, 0) is 9.53 Å². The van der Waals surface area contributed by atoms with Gasteiger partial charge in [0.25, 0.3) is 0 Å². The van der Waals surface area contributed by atoms with Gasteiger partial charge in [-0.2, -0.15) is 0 Å². The van der Waals surface area contributed by atoms with E-state index in [9.17, 15) is 4.79 Å². The molecular weight excluding hydrogens is 154 g/mol. The largest absolute Gasteiger partial charge is 0.469 e. The lowest BCUT2D eigenvalue weighted by Gasteiger charge is -2.45. The van der Waals surface area contributed by atoms with Crippen LogP contribution < -0.4 is 0 Å². The van der Waals surface area contributed by atoms with E-state index in [1.165, 1.54) is 7.11 Å². The number of hydrogen-bond donors (Lipinski definition) is 0. The molecule has 12 heavy (non-hydrogen) atoms. The number of nitrogens with zero attached hydrogens (tertiary/aromatic N) is 1. The Morgan fingerprint density at radius 3 is 2.42 bits per heavy atom. The normalized spacial score (nSPS) is 34.6. The van der Waals surface area contributed by atoms with Crippen molar-refractivity contribution in [2.24, 2.45) is 11.8 Å². The third-order valence-electron chi connectivity index (χ3n) is 2.72. The maximum Gasteiger partial charge on any atom is 0.310 e. The predicted molar refractivity (Wildman–Crippen MR) is 46.8 cm³/mol. The van der Waals surface area contributed by atoms with Gasteiger partial charge in [-0.05, 0) is 26.4 Å². The zero-order valence-electron chi connectivity index (χ0n) is 8.20. The molecule has 0 radical (unpaired) electrons. The van der Waals surface area contributed by atoms with Gasteiger partial charge in [0.1, 0.15) is 0 Å². The van der Waals surface area contributed by atoms with Crippen LogP contribution in [0.15, 0.2) is 0 Å². The first-order valence-corrected chi connectivity index (χ1v) is 4.32. The maximum atomic E-state index is 11.2. The summed E-state index contributed by atoms with van der Waals surface area (Å²) in [6.07, 6.45) is 0.968. The molecule has 1 rings (SSSR count). The Morgan fingerprint density at radius 1 is 1.50 bits per heavy atom. The Labute approximate surface area is 73.7 Å². The second-order valence-electron chi connectivity index (χ2n) is 3.80. The van der Waals surface area contributed by atoms with Crippen LogP contribution in [0.3, 0.4) is 0 Å². The van der Waals surface area contributed by atoms with Crippen molar-refractivity contribution in [3.63, 3.8) is 0 Å². The molecule has 3 nitrogen and oxygen atoms in total. The summed E-state index contributed by atoms with van der Waals surface area (Å²) in [5, 5.41) is 0. The Hall–Kier alpha value is -0.570. The molecule has 3 atom stereocenters. The molecule has 0 aromatic rings. The molecular formula is C9H17NO2. The highest BCUT2D eigenvalue weighted by atomic mass is 16.5. The summed E-state index contributed by atoms with van der Waals surface area (Å²) in [7, 11) is 5.48. The zero-order chi connectivity index (χ0) is 9.30. The van der Waals surface area contributed by atoms with E-state index in [-0.39, 0.29) is 11.9 Å². The van der Waals surface area contributed by atoms with Crippen LogP contribution in [0, 0.1) is 11.8 Å². The number of hydrogen-bond acceptors (Lipinski definition) is 3. The van der Waals surface area contributed by atoms with Gasteiger partial charge in [-0.25, -0.2) is 0 Å². The molecule has 0 N–H and O–H groups in total. The maximum absolute atomic E-state index is 11.2. The summed E-state index contributed by atoms with van der Waals surface area (Å²) in [5.41, 5.74) is 0. The van der Waals surface area contributed by atoms with Gasteiger partial charge in [0.15, 0.2) is 0 Å². The quantitative estimate of drug-likeness (QED) is 0.574. The first-order chi connectivity index (χ1) is 5.57. The van der Waals surface area contributed by atoms with E-state index in [1.54, 1.807) is 0 Å². The van der Waals surface area contributed by atoms with Crippen LogP contribution >= 0.6 is 0 Å². The van der Waals surface area contributed by atoms with E-state index in [0.717, 1.165) is 6.42 Å². The highest BCUT2D eigenvalue weighted by Crippen LogP contribution is 2.37. The minimum atomic E-state index is -0.0631. The van der Waals surface area contributed by atoms with Crippen LogP contribution in [0.1, 0.15) is 13.3 Å². The average Bonchev–Trinajstić information content (AvgIpc) is 1.97. The van der Waals surface area contributed by atoms with Crippen LogP contribution in [0.4, 0.5) is 0 Å². The molecule has 0 aliphatic heterocycles. The summed E-state index contributed by atoms with van der Waals surface area (Å²) in [6.45, 7) is 2.17. The monoisotopic (exact) mass is 171 g/mol. The minimum Gasteiger partial charge on any atom is -0.469 e. The predicted octanol–water partition coefficient (Wildman–Crippen LogP) is 0.746. The van der Waals surface area contributed by atoms with Crippen molar-refractivity contribution in [3.05, 3.63) is 0 Å². The molecule has 1 aliphatic carbocycles. The Morgan fingerprint density at radius 2 is 2.08 bits per heavy atom. The Kier molecular flexibility index (Phi) is 2.73. The lowest BCUT2D eigenvalue weighted by Crippen LogP contribution is -2.53. The SMILES string of the molecule is COC(=O)C1CC(C)C1N(C)C. The lowest BCUT2D eigenvalue weighted by molar-refractivity contribution is -0.155. The van der Waals surface area contributed by atoms with E-state index in [0.29, 0.717) is 12.0 Å². The van der Waals surface area contributed by atoms with Gasteiger partial charge >= 0.3 is 5.97 Å². The molecule has 0 amide bonds. The van der Waals surface area contributed by atoms with Gasteiger partial charge in [-0.1, -0.05) is 6.92 Å². The number of methoxy groups -OCH3 is 1. The zero-order valence-corrected chi connectivity index (χ0v) is 8.20. The third-order valence-corrected chi connectivity index (χ3v) is 2.72. The highest BCUT2D eigenvalue weighted by molar-refractivity contribution is 5.74. The number of ether oxygens (including phenoxy) is 1. The summed E-state index contributed by atoms with van der Waals surface area (Å²) in [4.78, 5) is 13.3. The van der Waals surface area contributed by atoms with Crippen LogP contribution in [0.25, 0.3) is 0 Å². The standard InChI is InChI=1S/C9H17NO2/c1-6-5-7(9(11)12-4)8(6)10(2)3/h6-8H,5H2,1-4H3. The van der Waals surface area contributed by atoms with Gasteiger partial charge < -0.3 is 9.64 Å². The van der Waals surface area contributed by atoms with Crippen molar-refractivity contribution in [1.29, 1.82) is 0 Å². The molecule has 0 aromatic carbocycles. The number of carbonyl (C=O) groups excluding carboxylic acids is 1. The fourth-order valence-corrected chi connectivity index (χ4v) is 2.14. The molecule has 1 aliphatic rings. The average molecular weight is 171 g/mol. The van der Waals surface area contributed by atoms with Gasteiger partial charge in [0.2, 0.25) is 0 Å². The summed E-state index contributed by atoms with van der Waals surface area (Å²) in [6, 6.07) is 0.373. The summed E-state index contributed by atoms with van der Waals surface area (Å²) >= 11 is 0. The smallest absolute Gasteiger partial charge is 0.310 e. The van der Waals surface area contributed by atoms with Crippen molar-refractivity contribution in [1.82, 2.24) is 4.90 Å². The van der Waals surface area contributed by atoms with Gasteiger partial charge in [0, 0.05) is 6.04 Å². The minimum absolute atomic E-state index is 0.0631. The summed E-state index contributed by atoms with van der Waals surface area (Å²) in [5.74, 6) is 0.649. The van der Waals surface area contributed by atoms with Gasteiger partial charge in [-0.15, -0.1) is 0 Å². The van der Waals surface area contributed by atoms with E-state index >= 15 is 0 Å². The van der Waals surface area contributed by atoms with E-state index in [4.69, 9.17) is 4.74 Å². The second-order valence-corrected chi connectivity index (χ2v) is 3.80. The fraction of sp³-hybridized carbons (Fsp3) is 0.889. The van der Waals surface area contributed by atoms with E-state index < -0.39 is 0 Å². The van der Waals surface area contributed by atoms with Crippen molar-refractivity contribution >= 4 is 5.97 Å². The van der Waals surface area contributed by atoms with Gasteiger partial charge in [0.05, 0.1) is 13.0 Å². The highest BCUT2D eigenvalue weighted by Gasteiger charge is 2.44. The lowest BCUT2D eigenvalue weighted by atomic mass is 9.70. The number of carbonyl (C=O) groups is 1. The van der Waals surface area contributed by atoms with Crippen molar-refractivity contribution < 1.29 is 9.53 Å². The van der Waals surface area contributed by atoms with Gasteiger partial charge in [-0.3, -0.25) is 4.79 Å². The van der Waals surface area contributed by atoms with Crippen molar-refractivity contribution in [2.75, 3.05) is 21.2 Å². The Balaban J connectivity index is 2.54. The fourth-order valence-electron chi connectivity index (χ4n) is 2.14. The van der Waals surface area contributed by atoms with Crippen LogP contribution in [0.2, 0.25) is 0 Å². The first-order valence-electron chi connectivity index (χ1n) is 4.32. The van der Waals surface area contributed by atoms with Crippen LogP contribution in [-0.4, -0.2) is 38.1 Å². The molecule has 0 bridgehead atoms. The second kappa shape index (κ2) is 3.44. The number of rotatable bonds is 2.